The summed E-state index contributed by atoms with van der Waals surface area (Å²) in [6.07, 6.45) is 0.693. The maximum Gasteiger partial charge on any atom is 0.409 e. The number of aliphatic carboxylic acids is 1. The van der Waals surface area contributed by atoms with Gasteiger partial charge in [-0.3, -0.25) is 14.4 Å². The third kappa shape index (κ3) is 7.47. The number of aryl methyl sites for hydroxylation is 1. The van der Waals surface area contributed by atoms with Gasteiger partial charge in [-0.05, 0) is 64.2 Å². The van der Waals surface area contributed by atoms with E-state index in [1.54, 1.807) is 19.9 Å². The summed E-state index contributed by atoms with van der Waals surface area (Å²) in [5, 5.41) is 16.4. The summed E-state index contributed by atoms with van der Waals surface area (Å²) in [6.45, 7) is 6.64. The summed E-state index contributed by atoms with van der Waals surface area (Å²) in [7, 11) is 0. The van der Waals surface area contributed by atoms with E-state index >= 15 is 0 Å². The first kappa shape index (κ1) is 32.3. The molecule has 1 saturated heterocycles. The number of carbonyl (C=O) groups excluding carboxylic acids is 4. The number of carbonyl (C=O) groups is 5. The zero-order valence-corrected chi connectivity index (χ0v) is 25.2. The Kier molecular flexibility index (Phi) is 10.4. The number of esters is 1. The summed E-state index contributed by atoms with van der Waals surface area (Å²) in [6, 6.07) is 7.59. The fourth-order valence-electron chi connectivity index (χ4n) is 5.10. The molecule has 1 aliphatic heterocycles. The third-order valence-corrected chi connectivity index (χ3v) is 7.63. The summed E-state index contributed by atoms with van der Waals surface area (Å²) >= 11 is 0. The lowest BCUT2D eigenvalue weighted by Gasteiger charge is -2.38. The molecule has 1 aliphatic carbocycles. The summed E-state index contributed by atoms with van der Waals surface area (Å²) in [5.41, 5.74) is 0.244. The minimum absolute atomic E-state index is 0.0832. The van der Waals surface area contributed by atoms with Crippen LogP contribution in [-0.4, -0.2) is 106 Å². The molecule has 1 atom stereocenters. The average molecular weight is 614 g/mol. The molecule has 3 amide bonds. The molecule has 14 nitrogen and oxygen atoms in total. The smallest absolute Gasteiger partial charge is 0.409 e. The third-order valence-electron chi connectivity index (χ3n) is 7.63. The molecule has 2 aromatic rings. The number of amides is 3. The highest BCUT2D eigenvalue weighted by Crippen LogP contribution is 2.38. The molecule has 4 rings (SSSR count). The summed E-state index contributed by atoms with van der Waals surface area (Å²) in [4.78, 5) is 66.2. The van der Waals surface area contributed by atoms with Crippen LogP contribution in [0.15, 0.2) is 30.3 Å². The molecule has 1 aromatic carbocycles. The number of ether oxygens (including phenoxy) is 3. The van der Waals surface area contributed by atoms with Crippen LogP contribution in [0.1, 0.15) is 62.0 Å². The number of carboxylic acids is 1. The van der Waals surface area contributed by atoms with E-state index in [0.717, 1.165) is 12.0 Å². The first-order valence-electron chi connectivity index (χ1n) is 14.8. The molecule has 0 unspecified atom stereocenters. The molecule has 1 saturated carbocycles. The van der Waals surface area contributed by atoms with Gasteiger partial charge >= 0.3 is 18.0 Å². The monoisotopic (exact) mass is 613 g/mol. The van der Waals surface area contributed by atoms with E-state index in [1.807, 2.05) is 25.1 Å². The van der Waals surface area contributed by atoms with Crippen molar-refractivity contribution in [3.05, 3.63) is 41.6 Å². The largest absolute Gasteiger partial charge is 0.481 e. The van der Waals surface area contributed by atoms with Gasteiger partial charge < -0.3 is 34.4 Å². The second-order valence-electron chi connectivity index (χ2n) is 10.8. The predicted octanol–water partition coefficient (Wildman–Crippen LogP) is 2.31. The van der Waals surface area contributed by atoms with Crippen molar-refractivity contribution >= 4 is 29.8 Å². The van der Waals surface area contributed by atoms with Crippen LogP contribution in [0.3, 0.4) is 0 Å². The predicted molar refractivity (Wildman–Crippen MR) is 155 cm³/mol. The Bertz CT molecular complexity index is 1380. The molecule has 14 heteroatoms. The maximum absolute atomic E-state index is 13.5. The number of piperazine rings is 1. The minimum Gasteiger partial charge on any atom is -0.481 e. The van der Waals surface area contributed by atoms with Crippen LogP contribution in [0, 0.1) is 6.92 Å². The van der Waals surface area contributed by atoms with E-state index in [2.05, 4.69) is 10.4 Å². The average Bonchev–Trinajstić information content (AvgIpc) is 3.41. The lowest BCUT2D eigenvalue weighted by Crippen LogP contribution is -2.56. The Hall–Kier alpha value is -4.62. The molecule has 2 N–H and O–H groups in total. The van der Waals surface area contributed by atoms with E-state index in [-0.39, 0.29) is 63.8 Å². The first-order valence-corrected chi connectivity index (χ1v) is 14.8. The van der Waals surface area contributed by atoms with Gasteiger partial charge in [0.1, 0.15) is 6.04 Å². The van der Waals surface area contributed by atoms with Gasteiger partial charge in [0, 0.05) is 38.7 Å². The lowest BCUT2D eigenvalue weighted by atomic mass is 9.80. The molecule has 0 radical (unpaired) electrons. The molecular formula is C30H39N5O9. The molecule has 2 aliphatic rings. The van der Waals surface area contributed by atoms with Crippen LogP contribution < -0.4 is 10.1 Å². The lowest BCUT2D eigenvalue weighted by molar-refractivity contribution is -0.170. The molecule has 0 bridgehead atoms. The van der Waals surface area contributed by atoms with Gasteiger partial charge in [-0.2, -0.15) is 5.10 Å². The van der Waals surface area contributed by atoms with Gasteiger partial charge in [0.05, 0.1) is 18.9 Å². The van der Waals surface area contributed by atoms with E-state index < -0.39 is 41.5 Å². The van der Waals surface area contributed by atoms with Crippen molar-refractivity contribution in [2.45, 2.75) is 64.5 Å². The van der Waals surface area contributed by atoms with Crippen LogP contribution in [-0.2, 0) is 23.9 Å². The van der Waals surface area contributed by atoms with Crippen molar-refractivity contribution in [2.24, 2.45) is 0 Å². The number of nitrogens with zero attached hydrogens (tertiary/aromatic N) is 4. The van der Waals surface area contributed by atoms with Gasteiger partial charge in [0.25, 0.3) is 5.91 Å². The molecule has 0 spiro atoms. The molecule has 1 aromatic heterocycles. The zero-order valence-electron chi connectivity index (χ0n) is 25.2. The van der Waals surface area contributed by atoms with Crippen LogP contribution in [0.25, 0.3) is 5.69 Å². The highest BCUT2D eigenvalue weighted by atomic mass is 16.6. The molecule has 44 heavy (non-hydrogen) atoms. The van der Waals surface area contributed by atoms with Crippen molar-refractivity contribution in [3.8, 4) is 11.6 Å². The maximum atomic E-state index is 13.5. The first-order chi connectivity index (χ1) is 21.1. The zero-order chi connectivity index (χ0) is 31.9. The Labute approximate surface area is 255 Å². The van der Waals surface area contributed by atoms with E-state index in [1.165, 1.54) is 20.5 Å². The number of hydrogen-bond donors (Lipinski definition) is 2. The normalized spacial score (nSPS) is 16.3. The van der Waals surface area contributed by atoms with Crippen LogP contribution in [0.5, 0.6) is 5.88 Å². The fourth-order valence-corrected chi connectivity index (χ4v) is 5.10. The Balaban J connectivity index is 1.56. The molecule has 2 fully saturated rings. The number of hydrogen-bond acceptors (Lipinski definition) is 9. The standard InChI is InChI=1S/C30H39N5O9/c1-4-42-28(40)30(12-7-13-30)44-24-19-23(32-35(24)21-9-6-8-20(3)18-21)26(38)31-22(10-11-25(36)37)27(39)33-14-16-34(17-15-33)29(41)43-5-2/h6,8-9,18-19,22H,4-5,7,10-17H2,1-3H3,(H,31,38)(H,36,37)/t22-/m0/s1. The SMILES string of the molecule is CCOC(=O)N1CCN(C(=O)[C@H](CCC(=O)O)NC(=O)c2cc(OC3(C(=O)OCC)CCC3)n(-c3cccc(C)c3)n2)CC1. The quantitative estimate of drug-likeness (QED) is 0.339. The van der Waals surface area contributed by atoms with Crippen molar-refractivity contribution in [3.63, 3.8) is 0 Å². The van der Waals surface area contributed by atoms with Crippen molar-refractivity contribution < 1.29 is 43.3 Å². The Morgan fingerprint density at radius 3 is 2.27 bits per heavy atom. The van der Waals surface area contributed by atoms with E-state index in [0.29, 0.717) is 18.5 Å². The van der Waals surface area contributed by atoms with Gasteiger partial charge in [-0.15, -0.1) is 0 Å². The number of benzene rings is 1. The van der Waals surface area contributed by atoms with E-state index in [9.17, 15) is 29.1 Å². The topological polar surface area (TPSA) is 170 Å². The molecule has 238 valence electrons. The molecule has 2 heterocycles. The van der Waals surface area contributed by atoms with Crippen molar-refractivity contribution in [1.82, 2.24) is 24.9 Å². The van der Waals surface area contributed by atoms with Crippen molar-refractivity contribution in [1.29, 1.82) is 0 Å². The van der Waals surface area contributed by atoms with Gasteiger partial charge in [-0.25, -0.2) is 14.3 Å². The van der Waals surface area contributed by atoms with Gasteiger partial charge in [0.2, 0.25) is 17.4 Å². The fraction of sp³-hybridized carbons (Fsp3) is 0.533. The minimum atomic E-state index is -1.20. The highest BCUT2D eigenvalue weighted by molar-refractivity contribution is 5.96. The summed E-state index contributed by atoms with van der Waals surface area (Å²) in [5.74, 6) is -2.63. The second kappa shape index (κ2) is 14.2. The number of nitrogens with one attached hydrogen (secondary N) is 1. The van der Waals surface area contributed by atoms with Gasteiger partial charge in [-0.1, -0.05) is 12.1 Å². The van der Waals surface area contributed by atoms with Crippen LogP contribution in [0.2, 0.25) is 0 Å². The highest BCUT2D eigenvalue weighted by Gasteiger charge is 2.49. The summed E-state index contributed by atoms with van der Waals surface area (Å²) < 4.78 is 17.9. The van der Waals surface area contributed by atoms with Crippen molar-refractivity contribution in [2.75, 3.05) is 39.4 Å². The van der Waals surface area contributed by atoms with E-state index in [4.69, 9.17) is 14.2 Å². The van der Waals surface area contributed by atoms with Gasteiger partial charge in [0.15, 0.2) is 5.69 Å². The number of rotatable bonds is 12. The van der Waals surface area contributed by atoms with Crippen LogP contribution in [0.4, 0.5) is 4.79 Å². The second-order valence-corrected chi connectivity index (χ2v) is 10.8. The van der Waals surface area contributed by atoms with Crippen LogP contribution >= 0.6 is 0 Å². The molecular weight excluding hydrogens is 574 g/mol. The Morgan fingerprint density at radius 2 is 1.68 bits per heavy atom. The Morgan fingerprint density at radius 1 is 1.00 bits per heavy atom. The number of carboxylic acid groups (broad SMARTS) is 1. The number of aromatic nitrogens is 2.